The van der Waals surface area contributed by atoms with Crippen LogP contribution in [0.2, 0.25) is 5.02 Å². The maximum absolute atomic E-state index is 12.7. The van der Waals surface area contributed by atoms with Crippen molar-refractivity contribution in [3.63, 3.8) is 0 Å². The number of sulfonamides is 1. The zero-order chi connectivity index (χ0) is 16.3. The Morgan fingerprint density at radius 1 is 1.45 bits per heavy atom. The van der Waals surface area contributed by atoms with Crippen molar-refractivity contribution in [1.29, 1.82) is 0 Å². The number of nitro groups is 1. The van der Waals surface area contributed by atoms with E-state index in [4.69, 9.17) is 17.3 Å². The van der Waals surface area contributed by atoms with Crippen molar-refractivity contribution in [2.45, 2.75) is 24.2 Å². The Morgan fingerprint density at radius 3 is 2.77 bits per heavy atom. The number of benzene rings is 1. The van der Waals surface area contributed by atoms with Crippen molar-refractivity contribution in [3.8, 4) is 0 Å². The number of piperidine rings is 1. The molecule has 0 amide bonds. The molecule has 9 heteroatoms. The van der Waals surface area contributed by atoms with Gasteiger partial charge in [-0.05, 0) is 37.8 Å². The van der Waals surface area contributed by atoms with E-state index in [1.165, 1.54) is 10.4 Å². The van der Waals surface area contributed by atoms with Crippen molar-refractivity contribution >= 4 is 27.3 Å². The lowest BCUT2D eigenvalue weighted by molar-refractivity contribution is -0.384. The molecule has 1 atom stereocenters. The van der Waals surface area contributed by atoms with Gasteiger partial charge in [0.25, 0.3) is 5.69 Å². The molecule has 1 aliphatic heterocycles. The molecule has 1 fully saturated rings. The fourth-order valence-corrected chi connectivity index (χ4v) is 4.74. The summed E-state index contributed by atoms with van der Waals surface area (Å²) in [5.74, 6) is 0.241. The number of halogens is 1. The van der Waals surface area contributed by atoms with Crippen LogP contribution in [0.3, 0.4) is 0 Å². The summed E-state index contributed by atoms with van der Waals surface area (Å²) in [7, 11) is -3.75. The monoisotopic (exact) mass is 347 g/mol. The highest BCUT2D eigenvalue weighted by Crippen LogP contribution is 2.31. The second kappa shape index (κ2) is 6.91. The summed E-state index contributed by atoms with van der Waals surface area (Å²) in [5.41, 5.74) is 5.31. The molecule has 1 aliphatic rings. The van der Waals surface area contributed by atoms with E-state index in [0.717, 1.165) is 31.4 Å². The smallest absolute Gasteiger partial charge is 0.271 e. The Kier molecular flexibility index (Phi) is 5.38. The van der Waals surface area contributed by atoms with Gasteiger partial charge in [0.2, 0.25) is 10.0 Å². The highest BCUT2D eigenvalue weighted by Gasteiger charge is 2.31. The number of nitrogens with zero attached hydrogens (tertiary/aromatic N) is 2. The Labute approximate surface area is 134 Å². The van der Waals surface area contributed by atoms with Gasteiger partial charge in [-0.25, -0.2) is 8.42 Å². The summed E-state index contributed by atoms with van der Waals surface area (Å²) < 4.78 is 26.8. The third kappa shape index (κ3) is 3.57. The highest BCUT2D eigenvalue weighted by molar-refractivity contribution is 7.89. The van der Waals surface area contributed by atoms with Crippen LogP contribution in [0.15, 0.2) is 23.1 Å². The average molecular weight is 348 g/mol. The van der Waals surface area contributed by atoms with Gasteiger partial charge in [-0.1, -0.05) is 11.6 Å². The summed E-state index contributed by atoms with van der Waals surface area (Å²) >= 11 is 5.94. The quantitative estimate of drug-likeness (QED) is 0.647. The second-order valence-corrected chi connectivity index (χ2v) is 7.63. The first-order valence-corrected chi connectivity index (χ1v) is 8.82. The van der Waals surface area contributed by atoms with Crippen molar-refractivity contribution in [2.24, 2.45) is 11.7 Å². The van der Waals surface area contributed by atoms with Crippen LogP contribution in [0.4, 0.5) is 5.69 Å². The first-order chi connectivity index (χ1) is 10.4. The molecule has 1 saturated heterocycles. The van der Waals surface area contributed by atoms with Crippen LogP contribution in [0.5, 0.6) is 0 Å². The first kappa shape index (κ1) is 17.1. The third-order valence-electron chi connectivity index (χ3n) is 3.80. The summed E-state index contributed by atoms with van der Waals surface area (Å²) in [4.78, 5) is 10.0. The molecule has 0 saturated carbocycles. The summed E-state index contributed by atoms with van der Waals surface area (Å²) in [6.45, 7) is 1.36. The molecular formula is C13H18ClN3O4S. The molecule has 0 radical (unpaired) electrons. The molecule has 22 heavy (non-hydrogen) atoms. The Balaban J connectivity index is 2.28. The van der Waals surface area contributed by atoms with Crippen LogP contribution in [0.25, 0.3) is 0 Å². The third-order valence-corrected chi connectivity index (χ3v) is 6.15. The van der Waals surface area contributed by atoms with E-state index >= 15 is 0 Å². The number of hydrogen-bond acceptors (Lipinski definition) is 5. The minimum atomic E-state index is -3.75. The molecular weight excluding hydrogens is 330 g/mol. The lowest BCUT2D eigenvalue weighted by Crippen LogP contribution is -2.40. The number of nitro benzene ring substituents is 1. The summed E-state index contributed by atoms with van der Waals surface area (Å²) in [5, 5.41) is 10.6. The zero-order valence-corrected chi connectivity index (χ0v) is 13.5. The lowest BCUT2D eigenvalue weighted by Gasteiger charge is -2.31. The van der Waals surface area contributed by atoms with Crippen molar-refractivity contribution in [1.82, 2.24) is 4.31 Å². The standard InChI is InChI=1S/C13H18ClN3O4S/c14-12-8-11(17(18)19)3-4-13(12)22(20,21)16-7-1-2-10(9-16)5-6-15/h3-4,8,10H,1-2,5-7,9,15H2. The molecule has 2 rings (SSSR count). The maximum atomic E-state index is 12.7. The van der Waals surface area contributed by atoms with Crippen LogP contribution in [0.1, 0.15) is 19.3 Å². The van der Waals surface area contributed by atoms with E-state index in [1.54, 1.807) is 0 Å². The van der Waals surface area contributed by atoms with E-state index in [-0.39, 0.29) is 21.5 Å². The number of nitrogens with two attached hydrogens (primary N) is 1. The number of non-ortho nitro benzene ring substituents is 1. The van der Waals surface area contributed by atoms with Crippen LogP contribution in [-0.4, -0.2) is 37.3 Å². The Bertz CT molecular complexity index is 663. The fourth-order valence-electron chi connectivity index (χ4n) is 2.67. The highest BCUT2D eigenvalue weighted by atomic mass is 35.5. The molecule has 1 aromatic carbocycles. The van der Waals surface area contributed by atoms with Crippen LogP contribution >= 0.6 is 11.6 Å². The van der Waals surface area contributed by atoms with Crippen LogP contribution in [0, 0.1) is 16.0 Å². The van der Waals surface area contributed by atoms with Gasteiger partial charge in [0, 0.05) is 25.2 Å². The van der Waals surface area contributed by atoms with Crippen LogP contribution in [-0.2, 0) is 10.0 Å². The Hall–Kier alpha value is -1.22. The summed E-state index contributed by atoms with van der Waals surface area (Å²) in [6.07, 6.45) is 2.51. The molecule has 1 heterocycles. The number of hydrogen-bond donors (Lipinski definition) is 1. The minimum absolute atomic E-state index is 0.0897. The largest absolute Gasteiger partial charge is 0.330 e. The average Bonchev–Trinajstić information content (AvgIpc) is 2.47. The van der Waals surface area contributed by atoms with Crippen molar-refractivity contribution in [2.75, 3.05) is 19.6 Å². The first-order valence-electron chi connectivity index (χ1n) is 7.00. The molecule has 0 aliphatic carbocycles. The predicted octanol–water partition coefficient (Wildman–Crippen LogP) is 2.00. The van der Waals surface area contributed by atoms with E-state index in [2.05, 4.69) is 0 Å². The van der Waals surface area contributed by atoms with Gasteiger partial charge in [-0.15, -0.1) is 0 Å². The second-order valence-electron chi connectivity index (χ2n) is 5.32. The number of rotatable bonds is 5. The van der Waals surface area contributed by atoms with E-state index < -0.39 is 14.9 Å². The van der Waals surface area contributed by atoms with Gasteiger partial charge in [0.15, 0.2) is 0 Å². The van der Waals surface area contributed by atoms with Gasteiger partial charge in [-0.2, -0.15) is 4.31 Å². The van der Waals surface area contributed by atoms with Crippen molar-refractivity contribution in [3.05, 3.63) is 33.3 Å². The molecule has 7 nitrogen and oxygen atoms in total. The lowest BCUT2D eigenvalue weighted by atomic mass is 9.96. The Morgan fingerprint density at radius 2 is 2.18 bits per heavy atom. The zero-order valence-electron chi connectivity index (χ0n) is 11.9. The van der Waals surface area contributed by atoms with Gasteiger partial charge in [-0.3, -0.25) is 10.1 Å². The topological polar surface area (TPSA) is 107 Å². The molecule has 122 valence electrons. The van der Waals surface area contributed by atoms with Crippen LogP contribution < -0.4 is 5.73 Å². The molecule has 1 unspecified atom stereocenters. The van der Waals surface area contributed by atoms with Crippen molar-refractivity contribution < 1.29 is 13.3 Å². The van der Waals surface area contributed by atoms with Gasteiger partial charge in [0.1, 0.15) is 4.90 Å². The van der Waals surface area contributed by atoms with Gasteiger partial charge in [0.05, 0.1) is 9.95 Å². The van der Waals surface area contributed by atoms with Gasteiger partial charge < -0.3 is 5.73 Å². The molecule has 0 spiro atoms. The van der Waals surface area contributed by atoms with E-state index in [1.807, 2.05) is 0 Å². The molecule has 0 bridgehead atoms. The van der Waals surface area contributed by atoms with Gasteiger partial charge >= 0.3 is 0 Å². The maximum Gasteiger partial charge on any atom is 0.271 e. The molecule has 1 aromatic rings. The molecule has 0 aromatic heterocycles. The normalized spacial score (nSPS) is 20.0. The SMILES string of the molecule is NCCC1CCCN(S(=O)(=O)c2ccc([N+](=O)[O-])cc2Cl)C1. The summed E-state index contributed by atoms with van der Waals surface area (Å²) in [6, 6.07) is 3.41. The predicted molar refractivity (Wildman–Crippen MR) is 83.3 cm³/mol. The van der Waals surface area contributed by atoms with E-state index in [9.17, 15) is 18.5 Å². The fraction of sp³-hybridized carbons (Fsp3) is 0.538. The molecule has 2 N–H and O–H groups in total. The minimum Gasteiger partial charge on any atom is -0.330 e. The van der Waals surface area contributed by atoms with E-state index in [0.29, 0.717) is 19.6 Å².